The zero-order valence-corrected chi connectivity index (χ0v) is 19.8. The van der Waals surface area contributed by atoms with Crippen LogP contribution in [0.2, 0.25) is 0 Å². The first kappa shape index (κ1) is 24.5. The number of non-ortho nitro benzene ring substituents is 1. The molecule has 1 fully saturated rings. The van der Waals surface area contributed by atoms with Gasteiger partial charge in [0.05, 0.1) is 29.7 Å². The maximum atomic E-state index is 12.6. The molecule has 1 unspecified atom stereocenters. The molecule has 0 radical (unpaired) electrons. The summed E-state index contributed by atoms with van der Waals surface area (Å²) in [5.74, 6) is 0.120. The number of fused-ring (bicyclic) bond motifs is 1. The summed E-state index contributed by atoms with van der Waals surface area (Å²) < 4.78 is 11.8. The number of oxazole rings is 1. The number of methoxy groups -OCH3 is 1. The van der Waals surface area contributed by atoms with Crippen LogP contribution in [-0.4, -0.2) is 47.0 Å². The molecule has 35 heavy (non-hydrogen) atoms. The fourth-order valence-corrected chi connectivity index (χ4v) is 4.59. The normalized spacial score (nSPS) is 15.1. The second-order valence-corrected chi connectivity index (χ2v) is 8.72. The number of hydrogen-bond donors (Lipinski definition) is 1. The molecule has 1 aliphatic rings. The Hall–Kier alpha value is -3.66. The Morgan fingerprint density at radius 3 is 2.60 bits per heavy atom. The highest BCUT2D eigenvalue weighted by atomic mass is 16.6. The van der Waals surface area contributed by atoms with Crippen LogP contribution in [-0.2, 0) is 11.3 Å². The van der Waals surface area contributed by atoms with Crippen LogP contribution in [0.3, 0.4) is 0 Å². The number of aryl methyl sites for hydroxylation is 1. The van der Waals surface area contributed by atoms with Gasteiger partial charge in [0.2, 0.25) is 5.91 Å². The minimum Gasteiger partial charge on any atom is -0.497 e. The SMILES string of the molecule is COc1ccc(C(CNC(=O)CCCn2c(=O)oc3cc([N+](=O)[O-])ccc32)N2CCCCC2)cc1. The number of rotatable bonds is 10. The largest absolute Gasteiger partial charge is 0.497 e. The lowest BCUT2D eigenvalue weighted by Crippen LogP contribution is -2.40. The number of nitrogens with one attached hydrogen (secondary N) is 1. The second-order valence-electron chi connectivity index (χ2n) is 8.72. The lowest BCUT2D eigenvalue weighted by atomic mass is 10.0. The van der Waals surface area contributed by atoms with Gasteiger partial charge in [0.15, 0.2) is 5.58 Å². The predicted molar refractivity (Wildman–Crippen MR) is 131 cm³/mol. The van der Waals surface area contributed by atoms with Crippen molar-refractivity contribution >= 4 is 22.7 Å². The Balaban J connectivity index is 1.35. The van der Waals surface area contributed by atoms with Crippen LogP contribution in [0.4, 0.5) is 5.69 Å². The number of ether oxygens (including phenoxy) is 1. The number of nitro benzene ring substituents is 1. The second kappa shape index (κ2) is 11.2. The van der Waals surface area contributed by atoms with E-state index in [-0.39, 0.29) is 36.2 Å². The third-order valence-corrected chi connectivity index (χ3v) is 6.47. The molecule has 2 heterocycles. The summed E-state index contributed by atoms with van der Waals surface area (Å²) in [6.07, 6.45) is 4.22. The van der Waals surface area contributed by atoms with Gasteiger partial charge >= 0.3 is 5.76 Å². The van der Waals surface area contributed by atoms with Crippen LogP contribution < -0.4 is 15.8 Å². The van der Waals surface area contributed by atoms with E-state index in [0.29, 0.717) is 18.5 Å². The maximum absolute atomic E-state index is 12.6. The van der Waals surface area contributed by atoms with Crippen molar-refractivity contribution in [2.24, 2.45) is 0 Å². The molecule has 10 heteroatoms. The number of nitrogens with zero attached hydrogens (tertiary/aromatic N) is 3. The molecule has 2 aromatic carbocycles. The van der Waals surface area contributed by atoms with Gasteiger partial charge in [-0.15, -0.1) is 0 Å². The van der Waals surface area contributed by atoms with Crippen molar-refractivity contribution in [3.8, 4) is 5.75 Å². The molecular weight excluding hydrogens is 452 g/mol. The minimum atomic E-state index is -0.592. The van der Waals surface area contributed by atoms with Gasteiger partial charge in [0.25, 0.3) is 5.69 Å². The summed E-state index contributed by atoms with van der Waals surface area (Å²) in [7, 11) is 1.64. The van der Waals surface area contributed by atoms with Crippen molar-refractivity contribution in [3.05, 3.63) is 68.7 Å². The summed E-state index contributed by atoms with van der Waals surface area (Å²) >= 11 is 0. The minimum absolute atomic E-state index is 0.0846. The number of amides is 1. The first-order valence-electron chi connectivity index (χ1n) is 11.9. The van der Waals surface area contributed by atoms with Crippen LogP contribution >= 0.6 is 0 Å². The molecule has 10 nitrogen and oxygen atoms in total. The number of carbonyl (C=O) groups is 1. The van der Waals surface area contributed by atoms with E-state index in [4.69, 9.17) is 9.15 Å². The molecule has 0 aliphatic carbocycles. The van der Waals surface area contributed by atoms with Crippen molar-refractivity contribution in [3.63, 3.8) is 0 Å². The van der Waals surface area contributed by atoms with E-state index >= 15 is 0 Å². The molecule has 186 valence electrons. The lowest BCUT2D eigenvalue weighted by molar-refractivity contribution is -0.384. The third kappa shape index (κ3) is 5.89. The van der Waals surface area contributed by atoms with Gasteiger partial charge in [-0.3, -0.25) is 24.4 Å². The van der Waals surface area contributed by atoms with Gasteiger partial charge in [0.1, 0.15) is 5.75 Å². The molecule has 0 spiro atoms. The Bertz CT molecular complexity index is 1230. The van der Waals surface area contributed by atoms with Gasteiger partial charge < -0.3 is 14.5 Å². The van der Waals surface area contributed by atoms with E-state index < -0.39 is 10.7 Å². The van der Waals surface area contributed by atoms with E-state index in [2.05, 4.69) is 10.2 Å². The molecule has 1 N–H and O–H groups in total. The van der Waals surface area contributed by atoms with Gasteiger partial charge in [-0.25, -0.2) is 4.79 Å². The van der Waals surface area contributed by atoms with Crippen molar-refractivity contribution < 1.29 is 18.9 Å². The smallest absolute Gasteiger partial charge is 0.419 e. The van der Waals surface area contributed by atoms with E-state index in [9.17, 15) is 19.7 Å². The summed E-state index contributed by atoms with van der Waals surface area (Å²) in [5, 5.41) is 14.0. The quantitative estimate of drug-likeness (QED) is 0.346. The van der Waals surface area contributed by atoms with Crippen molar-refractivity contribution in [1.29, 1.82) is 0 Å². The summed E-state index contributed by atoms with van der Waals surface area (Å²) in [6, 6.07) is 12.1. The van der Waals surface area contributed by atoms with Crippen LogP contribution in [0, 0.1) is 10.1 Å². The van der Waals surface area contributed by atoms with Gasteiger partial charge in [-0.2, -0.15) is 0 Å². The zero-order chi connectivity index (χ0) is 24.8. The van der Waals surface area contributed by atoms with Crippen molar-refractivity contribution in [1.82, 2.24) is 14.8 Å². The van der Waals surface area contributed by atoms with Crippen LogP contribution in [0.15, 0.2) is 51.7 Å². The molecule has 3 aromatic rings. The average molecular weight is 483 g/mol. The number of benzene rings is 2. The first-order valence-corrected chi connectivity index (χ1v) is 11.9. The number of piperidine rings is 1. The summed E-state index contributed by atoms with van der Waals surface area (Å²) in [6.45, 7) is 2.79. The number of aromatic nitrogens is 1. The summed E-state index contributed by atoms with van der Waals surface area (Å²) in [5.41, 5.74) is 1.64. The number of likely N-dealkylation sites (tertiary alicyclic amines) is 1. The van der Waals surface area contributed by atoms with Crippen molar-refractivity contribution in [2.75, 3.05) is 26.7 Å². The van der Waals surface area contributed by atoms with Crippen LogP contribution in [0.25, 0.3) is 11.1 Å². The van der Waals surface area contributed by atoms with E-state index in [1.807, 2.05) is 24.3 Å². The van der Waals surface area contributed by atoms with E-state index in [1.165, 1.54) is 29.2 Å². The zero-order valence-electron chi connectivity index (χ0n) is 19.8. The Kier molecular flexibility index (Phi) is 7.81. The van der Waals surface area contributed by atoms with Crippen LogP contribution in [0.5, 0.6) is 5.75 Å². The molecule has 1 atom stereocenters. The Labute approximate surface area is 202 Å². The molecule has 1 amide bonds. The highest BCUT2D eigenvalue weighted by molar-refractivity contribution is 5.76. The predicted octanol–water partition coefficient (Wildman–Crippen LogP) is 3.63. The molecule has 4 rings (SSSR count). The van der Waals surface area contributed by atoms with Crippen LogP contribution in [0.1, 0.15) is 43.7 Å². The molecular formula is C25H30N4O6. The third-order valence-electron chi connectivity index (χ3n) is 6.47. The Morgan fingerprint density at radius 1 is 1.17 bits per heavy atom. The summed E-state index contributed by atoms with van der Waals surface area (Å²) in [4.78, 5) is 37.6. The van der Waals surface area contributed by atoms with E-state index in [1.54, 1.807) is 7.11 Å². The van der Waals surface area contributed by atoms with Crippen molar-refractivity contribution in [2.45, 2.75) is 44.7 Å². The highest BCUT2D eigenvalue weighted by Crippen LogP contribution is 2.26. The topological polar surface area (TPSA) is 120 Å². The Morgan fingerprint density at radius 2 is 1.91 bits per heavy atom. The maximum Gasteiger partial charge on any atom is 0.419 e. The molecule has 1 saturated heterocycles. The monoisotopic (exact) mass is 482 g/mol. The van der Waals surface area contributed by atoms with E-state index in [0.717, 1.165) is 37.2 Å². The van der Waals surface area contributed by atoms with Gasteiger partial charge in [-0.1, -0.05) is 18.6 Å². The highest BCUT2D eigenvalue weighted by Gasteiger charge is 2.23. The number of carbonyl (C=O) groups excluding carboxylic acids is 1. The molecule has 0 bridgehead atoms. The molecule has 0 saturated carbocycles. The standard InChI is InChI=1S/C25H30N4O6/c1-34-20-10-7-18(8-11-20)22(27-13-3-2-4-14-27)17-26-24(30)6-5-15-28-21-12-9-19(29(32)33)16-23(21)35-25(28)31/h7-12,16,22H,2-6,13-15,17H2,1H3,(H,26,30). The number of hydrogen-bond acceptors (Lipinski definition) is 7. The fourth-order valence-electron chi connectivity index (χ4n) is 4.59. The first-order chi connectivity index (χ1) is 17.0. The molecule has 1 aliphatic heterocycles. The van der Waals surface area contributed by atoms with Gasteiger partial charge in [-0.05, 0) is 56.1 Å². The lowest BCUT2D eigenvalue weighted by Gasteiger charge is -2.35. The fraction of sp³-hybridized carbons (Fsp3) is 0.440. The number of nitro groups is 1. The average Bonchev–Trinajstić information content (AvgIpc) is 3.19. The van der Waals surface area contributed by atoms with Gasteiger partial charge in [0, 0.05) is 25.6 Å². The molecule has 1 aromatic heterocycles.